The van der Waals surface area contributed by atoms with Gasteiger partial charge in [0.1, 0.15) is 16.2 Å². The van der Waals surface area contributed by atoms with Gasteiger partial charge in [-0.05, 0) is 65.0 Å². The summed E-state index contributed by atoms with van der Waals surface area (Å²) in [7, 11) is 0. The normalized spacial score (nSPS) is 11.6. The second kappa shape index (κ2) is 10.5. The molecule has 0 saturated heterocycles. The van der Waals surface area contributed by atoms with Crippen LogP contribution in [0.1, 0.15) is 0 Å². The molecule has 3 nitrogen and oxygen atoms in total. The molecule has 2 heterocycles. The summed E-state index contributed by atoms with van der Waals surface area (Å²) in [5, 5.41) is 5.58. The molecule has 0 aliphatic heterocycles. The first-order chi connectivity index (χ1) is 22.3. The molecule has 0 unspecified atom stereocenters. The summed E-state index contributed by atoms with van der Waals surface area (Å²) < 4.78 is 7.74. The molecule has 45 heavy (non-hydrogen) atoms. The van der Waals surface area contributed by atoms with Crippen LogP contribution >= 0.6 is 11.3 Å². The Labute approximate surface area is 264 Å². The Morgan fingerprint density at radius 1 is 0.511 bits per heavy atom. The molecule has 212 valence electrons. The molecule has 0 bridgehead atoms. The zero-order valence-electron chi connectivity index (χ0n) is 24.2. The summed E-state index contributed by atoms with van der Waals surface area (Å²) in [6.45, 7) is 0. The fourth-order valence-corrected chi connectivity index (χ4v) is 7.38. The first-order valence-corrected chi connectivity index (χ1v) is 15.9. The van der Waals surface area contributed by atoms with Crippen LogP contribution in [0, 0.1) is 0 Å². The Bertz CT molecular complexity index is 2480. The highest BCUT2D eigenvalue weighted by Crippen LogP contribution is 2.43. The first-order valence-electron chi connectivity index (χ1n) is 15.0. The number of aromatic nitrogens is 1. The van der Waals surface area contributed by atoms with E-state index >= 15 is 0 Å². The van der Waals surface area contributed by atoms with Crippen LogP contribution in [0.2, 0.25) is 0 Å². The van der Waals surface area contributed by atoms with Crippen LogP contribution in [0.25, 0.3) is 64.6 Å². The van der Waals surface area contributed by atoms with Crippen LogP contribution in [-0.2, 0) is 0 Å². The molecule has 0 aliphatic carbocycles. The summed E-state index contributed by atoms with van der Waals surface area (Å²) in [6.07, 6.45) is 0. The van der Waals surface area contributed by atoms with Crippen LogP contribution in [0.5, 0.6) is 0 Å². The van der Waals surface area contributed by atoms with Gasteiger partial charge in [-0.3, -0.25) is 0 Å². The van der Waals surface area contributed by atoms with Crippen molar-refractivity contribution in [1.29, 1.82) is 0 Å². The number of hydrogen-bond donors (Lipinski definition) is 0. The maximum absolute atomic E-state index is 6.55. The molecular weight excluding hydrogens is 569 g/mol. The van der Waals surface area contributed by atoms with Crippen LogP contribution < -0.4 is 4.90 Å². The van der Waals surface area contributed by atoms with Gasteiger partial charge in [-0.25, -0.2) is 4.98 Å². The van der Waals surface area contributed by atoms with Crippen molar-refractivity contribution in [3.05, 3.63) is 158 Å². The molecule has 0 fully saturated rings. The maximum Gasteiger partial charge on any atom is 0.137 e. The predicted molar refractivity (Wildman–Crippen MR) is 190 cm³/mol. The monoisotopic (exact) mass is 594 g/mol. The van der Waals surface area contributed by atoms with Gasteiger partial charge < -0.3 is 9.32 Å². The van der Waals surface area contributed by atoms with Crippen molar-refractivity contribution < 1.29 is 4.42 Å². The Morgan fingerprint density at radius 2 is 1.22 bits per heavy atom. The number of furan rings is 1. The minimum absolute atomic E-state index is 0.850. The molecule has 0 saturated carbocycles. The Morgan fingerprint density at radius 3 is 2.07 bits per heavy atom. The highest BCUT2D eigenvalue weighted by Gasteiger charge is 2.19. The van der Waals surface area contributed by atoms with E-state index in [9.17, 15) is 0 Å². The molecule has 9 rings (SSSR count). The molecule has 0 aliphatic rings. The maximum atomic E-state index is 6.55. The summed E-state index contributed by atoms with van der Waals surface area (Å²) in [6, 6.07) is 55.4. The van der Waals surface area contributed by atoms with Gasteiger partial charge in [0, 0.05) is 44.9 Å². The third-order valence-corrected chi connectivity index (χ3v) is 9.55. The number of hydrogen-bond acceptors (Lipinski definition) is 4. The van der Waals surface area contributed by atoms with Crippen molar-refractivity contribution in [1.82, 2.24) is 4.98 Å². The fraction of sp³-hybridized carbons (Fsp3) is 0. The van der Waals surface area contributed by atoms with Crippen LogP contribution in [0.15, 0.2) is 162 Å². The average molecular weight is 595 g/mol. The highest BCUT2D eigenvalue weighted by atomic mass is 32.1. The molecule has 9 aromatic rings. The van der Waals surface area contributed by atoms with Gasteiger partial charge in [-0.2, -0.15) is 0 Å². The number of nitrogens with zero attached hydrogens (tertiary/aromatic N) is 2. The Kier molecular flexibility index (Phi) is 6.00. The van der Waals surface area contributed by atoms with Crippen LogP contribution in [0.3, 0.4) is 0 Å². The van der Waals surface area contributed by atoms with E-state index in [1.807, 2.05) is 6.07 Å². The first kappa shape index (κ1) is 25.8. The number of rotatable bonds is 5. The van der Waals surface area contributed by atoms with Crippen molar-refractivity contribution in [2.45, 2.75) is 0 Å². The molecule has 0 atom stereocenters. The number of benzene rings is 7. The standard InChI is InChI=1S/C41H26N2OS/c1-3-10-27(11-4-1)28-18-21-31(22-19-28)43(30-13-5-2-6-14-30)32-23-24-34-37(26-32)44-36-17-9-16-35(39(34)36)41-42-40-33-15-8-7-12-29(33)20-25-38(40)45-41/h1-26H. The third-order valence-electron chi connectivity index (χ3n) is 8.50. The molecule has 0 radical (unpaired) electrons. The second-order valence-electron chi connectivity index (χ2n) is 11.2. The lowest BCUT2D eigenvalue weighted by Crippen LogP contribution is -2.09. The van der Waals surface area contributed by atoms with E-state index in [0.717, 1.165) is 55.1 Å². The van der Waals surface area contributed by atoms with Gasteiger partial charge in [0.2, 0.25) is 0 Å². The lowest BCUT2D eigenvalue weighted by Gasteiger charge is -2.25. The molecule has 4 heteroatoms. The zero-order chi connectivity index (χ0) is 29.7. The predicted octanol–water partition coefficient (Wildman–Crippen LogP) is 12.2. The van der Waals surface area contributed by atoms with E-state index in [0.29, 0.717) is 0 Å². The van der Waals surface area contributed by atoms with Crippen molar-refractivity contribution in [3.63, 3.8) is 0 Å². The highest BCUT2D eigenvalue weighted by molar-refractivity contribution is 7.21. The van der Waals surface area contributed by atoms with E-state index < -0.39 is 0 Å². The molecule has 0 amide bonds. The van der Waals surface area contributed by atoms with E-state index in [1.54, 1.807) is 11.3 Å². The Hall–Kier alpha value is -5.71. The molecule has 7 aromatic carbocycles. The van der Waals surface area contributed by atoms with Crippen molar-refractivity contribution in [2.75, 3.05) is 4.90 Å². The molecule has 0 spiro atoms. The van der Waals surface area contributed by atoms with Crippen LogP contribution in [-0.4, -0.2) is 4.98 Å². The topological polar surface area (TPSA) is 29.3 Å². The van der Waals surface area contributed by atoms with Gasteiger partial charge in [-0.1, -0.05) is 103 Å². The van der Waals surface area contributed by atoms with E-state index in [1.165, 1.54) is 26.6 Å². The summed E-state index contributed by atoms with van der Waals surface area (Å²) in [5.41, 5.74) is 9.46. The number of fused-ring (bicyclic) bond motifs is 6. The lowest BCUT2D eigenvalue weighted by atomic mass is 10.0. The van der Waals surface area contributed by atoms with E-state index in [-0.39, 0.29) is 0 Å². The van der Waals surface area contributed by atoms with Gasteiger partial charge in [0.25, 0.3) is 0 Å². The quantitative estimate of drug-likeness (QED) is 0.198. The fourth-order valence-electron chi connectivity index (χ4n) is 6.37. The zero-order valence-corrected chi connectivity index (χ0v) is 25.0. The third kappa shape index (κ3) is 4.38. The second-order valence-corrected chi connectivity index (χ2v) is 12.2. The number of anilines is 3. The van der Waals surface area contributed by atoms with Crippen molar-refractivity contribution in [3.8, 4) is 21.7 Å². The largest absolute Gasteiger partial charge is 0.456 e. The minimum atomic E-state index is 0.850. The van der Waals surface area contributed by atoms with Gasteiger partial charge >= 0.3 is 0 Å². The molecule has 2 aromatic heterocycles. The van der Waals surface area contributed by atoms with E-state index in [2.05, 4.69) is 157 Å². The van der Waals surface area contributed by atoms with Crippen molar-refractivity contribution >= 4 is 71.3 Å². The number of thiazole rings is 1. The van der Waals surface area contributed by atoms with Gasteiger partial charge in [0.15, 0.2) is 0 Å². The SMILES string of the molecule is c1ccc(-c2ccc(N(c3ccccc3)c3ccc4c(c3)oc3cccc(-c5nc6c(ccc7ccccc76)s5)c34)cc2)cc1. The Balaban J connectivity index is 1.17. The lowest BCUT2D eigenvalue weighted by molar-refractivity contribution is 0.669. The smallest absolute Gasteiger partial charge is 0.137 e. The average Bonchev–Trinajstić information content (AvgIpc) is 3.71. The molecular formula is C41H26N2OS. The number of para-hydroxylation sites is 1. The van der Waals surface area contributed by atoms with Gasteiger partial charge in [0.05, 0.1) is 10.2 Å². The van der Waals surface area contributed by atoms with Crippen LogP contribution in [0.4, 0.5) is 17.1 Å². The molecule has 0 N–H and O–H groups in total. The van der Waals surface area contributed by atoms with E-state index in [4.69, 9.17) is 9.40 Å². The summed E-state index contributed by atoms with van der Waals surface area (Å²) >= 11 is 1.73. The minimum Gasteiger partial charge on any atom is -0.456 e. The van der Waals surface area contributed by atoms with Gasteiger partial charge in [-0.15, -0.1) is 11.3 Å². The summed E-state index contributed by atoms with van der Waals surface area (Å²) in [4.78, 5) is 7.45. The summed E-state index contributed by atoms with van der Waals surface area (Å²) in [5.74, 6) is 0. The van der Waals surface area contributed by atoms with Crippen molar-refractivity contribution in [2.24, 2.45) is 0 Å².